The second-order valence-electron chi connectivity index (χ2n) is 7.90. The van der Waals surface area contributed by atoms with E-state index in [-0.39, 0.29) is 23.0 Å². The van der Waals surface area contributed by atoms with Crippen LogP contribution in [0.1, 0.15) is 35.6 Å². The molecule has 4 rings (SSSR count). The normalized spacial score (nSPS) is 15.5. The van der Waals surface area contributed by atoms with Crippen LogP contribution in [0, 0.1) is 11.6 Å². The minimum Gasteiger partial charge on any atom is -0.494 e. The number of amides is 1. The summed E-state index contributed by atoms with van der Waals surface area (Å²) in [5, 5.41) is 14.7. The topological polar surface area (TPSA) is 94.1 Å². The van der Waals surface area contributed by atoms with Gasteiger partial charge in [-0.25, -0.2) is 8.78 Å². The Bertz CT molecular complexity index is 1190. The van der Waals surface area contributed by atoms with Crippen molar-refractivity contribution in [3.05, 3.63) is 53.4 Å². The lowest BCUT2D eigenvalue weighted by Gasteiger charge is -2.19. The van der Waals surface area contributed by atoms with Crippen molar-refractivity contribution in [2.75, 3.05) is 19.5 Å². The number of anilines is 1. The Morgan fingerprint density at radius 1 is 1.27 bits per heavy atom. The Morgan fingerprint density at radius 2 is 1.97 bits per heavy atom. The molecule has 174 valence electrons. The number of aromatic nitrogens is 4. The molecule has 0 saturated heterocycles. The molecule has 2 N–H and O–H groups in total. The van der Waals surface area contributed by atoms with Gasteiger partial charge in [0.2, 0.25) is 5.91 Å². The van der Waals surface area contributed by atoms with E-state index in [0.29, 0.717) is 42.8 Å². The molecule has 8 nitrogen and oxygen atoms in total. The largest absolute Gasteiger partial charge is 0.494 e. The van der Waals surface area contributed by atoms with Crippen molar-refractivity contribution < 1.29 is 23.0 Å². The van der Waals surface area contributed by atoms with Crippen LogP contribution < -0.4 is 14.8 Å². The van der Waals surface area contributed by atoms with Gasteiger partial charge in [0, 0.05) is 36.1 Å². The standard InChI is InChI=1S/C23H25F2N5O3/c1-5-18(31)26-15-11-30(2)29-23(15)22-13-8-6-7-12(9-14(13)27-28-22)19-20(24)16(32-3)10-17(33-4)21(19)25/h5,10-12H,1,6-9H2,2-4H3,(H,26,31)(H,27,28)/t12-/m0/s1. The highest BCUT2D eigenvalue weighted by Gasteiger charge is 2.31. The van der Waals surface area contributed by atoms with Gasteiger partial charge in [-0.1, -0.05) is 6.58 Å². The first-order chi connectivity index (χ1) is 15.9. The highest BCUT2D eigenvalue weighted by molar-refractivity contribution is 6.01. The molecule has 33 heavy (non-hydrogen) atoms. The monoisotopic (exact) mass is 457 g/mol. The molecule has 0 unspecified atom stereocenters. The van der Waals surface area contributed by atoms with E-state index >= 15 is 8.78 Å². The number of ether oxygens (including phenoxy) is 2. The van der Waals surface area contributed by atoms with E-state index in [9.17, 15) is 4.79 Å². The van der Waals surface area contributed by atoms with Gasteiger partial charge < -0.3 is 14.8 Å². The lowest BCUT2D eigenvalue weighted by molar-refractivity contribution is -0.111. The van der Waals surface area contributed by atoms with Gasteiger partial charge in [-0.05, 0) is 37.7 Å². The number of aryl methyl sites for hydroxylation is 1. The maximum Gasteiger partial charge on any atom is 0.247 e. The number of H-pyrrole nitrogens is 1. The predicted octanol–water partition coefficient (Wildman–Crippen LogP) is 3.89. The molecule has 0 bridgehead atoms. The van der Waals surface area contributed by atoms with Gasteiger partial charge in [0.15, 0.2) is 23.1 Å². The van der Waals surface area contributed by atoms with Gasteiger partial charge in [-0.15, -0.1) is 0 Å². The molecule has 0 saturated carbocycles. The number of nitrogens with one attached hydrogen (secondary N) is 2. The zero-order valence-electron chi connectivity index (χ0n) is 18.7. The predicted molar refractivity (Wildman–Crippen MR) is 118 cm³/mol. The van der Waals surface area contributed by atoms with Crippen LogP contribution in [0.15, 0.2) is 24.9 Å². The maximum atomic E-state index is 15.1. The zero-order chi connectivity index (χ0) is 23.7. The number of carbonyl (C=O) groups excluding carboxylic acids is 1. The molecule has 1 aliphatic rings. The number of fused-ring (bicyclic) bond motifs is 1. The Labute approximate surface area is 189 Å². The van der Waals surface area contributed by atoms with Crippen LogP contribution in [0.3, 0.4) is 0 Å². The Balaban J connectivity index is 1.73. The molecule has 0 aliphatic heterocycles. The Hall–Kier alpha value is -3.69. The minimum absolute atomic E-state index is 0.0491. The van der Waals surface area contributed by atoms with Gasteiger partial charge >= 0.3 is 0 Å². The van der Waals surface area contributed by atoms with Crippen LogP contribution in [-0.4, -0.2) is 40.1 Å². The van der Waals surface area contributed by atoms with Crippen LogP contribution >= 0.6 is 0 Å². The van der Waals surface area contributed by atoms with Crippen LogP contribution in [0.5, 0.6) is 11.5 Å². The van der Waals surface area contributed by atoms with Gasteiger partial charge in [-0.2, -0.15) is 10.2 Å². The summed E-state index contributed by atoms with van der Waals surface area (Å²) in [6, 6.07) is 1.21. The number of halogens is 2. The first kappa shape index (κ1) is 22.5. The summed E-state index contributed by atoms with van der Waals surface area (Å²) in [7, 11) is 4.42. The van der Waals surface area contributed by atoms with Crippen molar-refractivity contribution in [2.24, 2.45) is 7.05 Å². The Morgan fingerprint density at radius 3 is 2.61 bits per heavy atom. The third-order valence-corrected chi connectivity index (χ3v) is 5.89. The van der Waals surface area contributed by atoms with Crippen molar-refractivity contribution in [1.29, 1.82) is 0 Å². The van der Waals surface area contributed by atoms with E-state index in [2.05, 4.69) is 27.2 Å². The molecule has 2 aromatic heterocycles. The average Bonchev–Trinajstić information content (AvgIpc) is 3.29. The molecule has 0 radical (unpaired) electrons. The number of hydrogen-bond donors (Lipinski definition) is 2. The summed E-state index contributed by atoms with van der Waals surface area (Å²) in [6.45, 7) is 3.47. The van der Waals surface area contributed by atoms with Crippen molar-refractivity contribution in [3.63, 3.8) is 0 Å². The molecule has 3 aromatic rings. The average molecular weight is 457 g/mol. The zero-order valence-corrected chi connectivity index (χ0v) is 18.7. The fraction of sp³-hybridized carbons (Fsp3) is 0.348. The lowest BCUT2D eigenvalue weighted by atomic mass is 9.90. The van der Waals surface area contributed by atoms with Crippen molar-refractivity contribution in [2.45, 2.75) is 31.6 Å². The van der Waals surface area contributed by atoms with E-state index in [4.69, 9.17) is 9.47 Å². The smallest absolute Gasteiger partial charge is 0.247 e. The number of methoxy groups -OCH3 is 2. The number of carbonyl (C=O) groups is 1. The lowest BCUT2D eigenvalue weighted by Crippen LogP contribution is -2.10. The highest BCUT2D eigenvalue weighted by atomic mass is 19.1. The second kappa shape index (κ2) is 9.05. The SMILES string of the molecule is C=CC(=O)Nc1cn(C)nc1-c1n[nH]c2c1CCC[C@H](c1c(F)c(OC)cc(OC)c1F)C2. The molecule has 1 aromatic carbocycles. The number of benzene rings is 1. The summed E-state index contributed by atoms with van der Waals surface area (Å²) in [5.41, 5.74) is 3.28. The summed E-state index contributed by atoms with van der Waals surface area (Å²) < 4.78 is 42.0. The molecule has 1 atom stereocenters. The van der Waals surface area contributed by atoms with Crippen LogP contribution in [0.25, 0.3) is 11.4 Å². The molecular weight excluding hydrogens is 432 g/mol. The summed E-state index contributed by atoms with van der Waals surface area (Å²) in [6.07, 6.45) is 5.11. The third kappa shape index (κ3) is 4.08. The fourth-order valence-corrected chi connectivity index (χ4v) is 4.36. The summed E-state index contributed by atoms with van der Waals surface area (Å²) in [5.74, 6) is -2.36. The van der Waals surface area contributed by atoms with Crippen LogP contribution in [-0.2, 0) is 24.7 Å². The fourth-order valence-electron chi connectivity index (χ4n) is 4.36. The molecule has 2 heterocycles. The second-order valence-corrected chi connectivity index (χ2v) is 7.90. The van der Waals surface area contributed by atoms with E-state index in [1.807, 2.05) is 0 Å². The first-order valence-corrected chi connectivity index (χ1v) is 10.5. The first-order valence-electron chi connectivity index (χ1n) is 10.5. The van der Waals surface area contributed by atoms with Gasteiger partial charge in [0.05, 0.1) is 19.9 Å². The molecule has 10 heteroatoms. The molecule has 0 fully saturated rings. The van der Waals surface area contributed by atoms with Crippen molar-refractivity contribution in [3.8, 4) is 22.9 Å². The van der Waals surface area contributed by atoms with Gasteiger partial charge in [0.25, 0.3) is 0 Å². The summed E-state index contributed by atoms with van der Waals surface area (Å²) >= 11 is 0. The quantitative estimate of drug-likeness (QED) is 0.433. The van der Waals surface area contributed by atoms with E-state index < -0.39 is 17.6 Å². The number of rotatable bonds is 6. The van der Waals surface area contributed by atoms with Crippen molar-refractivity contribution >= 4 is 11.6 Å². The molecule has 1 amide bonds. The van der Waals surface area contributed by atoms with E-state index in [1.165, 1.54) is 26.4 Å². The molecular formula is C23H25F2N5O3. The maximum absolute atomic E-state index is 15.1. The van der Waals surface area contributed by atoms with Crippen LogP contribution in [0.4, 0.5) is 14.5 Å². The van der Waals surface area contributed by atoms with Gasteiger partial charge in [-0.3, -0.25) is 14.6 Å². The molecule has 0 spiro atoms. The molecule has 1 aliphatic carbocycles. The summed E-state index contributed by atoms with van der Waals surface area (Å²) in [4.78, 5) is 11.8. The Kier molecular flexibility index (Phi) is 6.17. The van der Waals surface area contributed by atoms with Gasteiger partial charge in [0.1, 0.15) is 11.4 Å². The van der Waals surface area contributed by atoms with Crippen molar-refractivity contribution in [1.82, 2.24) is 20.0 Å². The number of nitrogens with zero attached hydrogens (tertiary/aromatic N) is 3. The minimum atomic E-state index is -0.719. The number of aromatic amines is 1. The van der Waals surface area contributed by atoms with Crippen LogP contribution in [0.2, 0.25) is 0 Å². The number of hydrogen-bond acceptors (Lipinski definition) is 5. The van der Waals surface area contributed by atoms with E-state index in [1.54, 1.807) is 17.9 Å². The third-order valence-electron chi connectivity index (χ3n) is 5.89. The highest BCUT2D eigenvalue weighted by Crippen LogP contribution is 2.41. The van der Waals surface area contributed by atoms with E-state index in [0.717, 1.165) is 11.3 Å².